The number of amides is 3. The van der Waals surface area contributed by atoms with E-state index in [0.29, 0.717) is 38.2 Å². The van der Waals surface area contributed by atoms with Gasteiger partial charge < -0.3 is 19.9 Å². The topological polar surface area (TPSA) is 79.0 Å². The minimum atomic E-state index is -0.521. The summed E-state index contributed by atoms with van der Waals surface area (Å²) in [7, 11) is 0. The van der Waals surface area contributed by atoms with Crippen molar-refractivity contribution in [3.05, 3.63) is 23.8 Å². The highest BCUT2D eigenvalue weighted by molar-refractivity contribution is 5.97. The van der Waals surface area contributed by atoms with E-state index in [2.05, 4.69) is 5.32 Å². The first-order valence-corrected chi connectivity index (χ1v) is 9.84. The van der Waals surface area contributed by atoms with E-state index in [0.717, 1.165) is 17.7 Å². The van der Waals surface area contributed by atoms with Crippen LogP contribution in [-0.2, 0) is 20.7 Å². The summed E-state index contributed by atoms with van der Waals surface area (Å²) >= 11 is 0. The molecule has 1 aromatic carbocycles. The fourth-order valence-electron chi connectivity index (χ4n) is 3.68. The zero-order valence-corrected chi connectivity index (χ0v) is 17.1. The van der Waals surface area contributed by atoms with Gasteiger partial charge in [-0.3, -0.25) is 9.59 Å². The molecule has 0 saturated carbocycles. The maximum absolute atomic E-state index is 12.7. The van der Waals surface area contributed by atoms with E-state index < -0.39 is 5.60 Å². The minimum Gasteiger partial charge on any atom is -0.444 e. The third-order valence-electron chi connectivity index (χ3n) is 5.15. The van der Waals surface area contributed by atoms with Gasteiger partial charge in [0, 0.05) is 43.9 Å². The Morgan fingerprint density at radius 2 is 1.79 bits per heavy atom. The summed E-state index contributed by atoms with van der Waals surface area (Å²) in [6.45, 7) is 8.79. The second-order valence-electron chi connectivity index (χ2n) is 8.50. The molecule has 28 heavy (non-hydrogen) atoms. The number of piperidine rings is 1. The van der Waals surface area contributed by atoms with Crippen LogP contribution in [0, 0.1) is 5.92 Å². The van der Waals surface area contributed by atoms with Gasteiger partial charge in [0.15, 0.2) is 0 Å². The Morgan fingerprint density at radius 3 is 2.39 bits per heavy atom. The molecule has 7 nitrogen and oxygen atoms in total. The maximum Gasteiger partial charge on any atom is 0.410 e. The summed E-state index contributed by atoms with van der Waals surface area (Å²) in [5.41, 5.74) is 2.18. The van der Waals surface area contributed by atoms with Crippen molar-refractivity contribution in [1.82, 2.24) is 4.90 Å². The fraction of sp³-hybridized carbons (Fsp3) is 0.571. The maximum atomic E-state index is 12.7. The van der Waals surface area contributed by atoms with Crippen LogP contribution in [0.2, 0.25) is 0 Å². The quantitative estimate of drug-likeness (QED) is 0.845. The number of benzene rings is 1. The van der Waals surface area contributed by atoms with Gasteiger partial charge >= 0.3 is 6.09 Å². The normalized spacial score (nSPS) is 17.3. The van der Waals surface area contributed by atoms with E-state index >= 15 is 0 Å². The Kier molecular flexibility index (Phi) is 5.63. The van der Waals surface area contributed by atoms with Crippen molar-refractivity contribution in [2.45, 2.75) is 52.6 Å². The second kappa shape index (κ2) is 7.81. The van der Waals surface area contributed by atoms with Gasteiger partial charge in [0.1, 0.15) is 5.60 Å². The van der Waals surface area contributed by atoms with E-state index in [1.54, 1.807) is 16.7 Å². The van der Waals surface area contributed by atoms with Crippen molar-refractivity contribution in [1.29, 1.82) is 0 Å². The Balaban J connectivity index is 1.56. The number of hydrogen-bond donors (Lipinski definition) is 1. The summed E-state index contributed by atoms with van der Waals surface area (Å²) in [5, 5.41) is 2.97. The standard InChI is InChI=1S/C21H29N3O4/c1-14(25)24-12-9-15-5-6-17(13-18(15)24)22-19(26)16-7-10-23(11-8-16)20(27)28-21(2,3)4/h5-6,13,16H,7-12H2,1-4H3,(H,22,26). The number of ether oxygens (including phenoxy) is 1. The number of anilines is 2. The first kappa shape index (κ1) is 20.2. The molecule has 0 spiro atoms. The van der Waals surface area contributed by atoms with Gasteiger partial charge in [0.2, 0.25) is 11.8 Å². The predicted octanol–water partition coefficient (Wildman–Crippen LogP) is 3.18. The highest BCUT2D eigenvalue weighted by atomic mass is 16.6. The van der Waals surface area contributed by atoms with Crippen LogP contribution >= 0.6 is 0 Å². The average Bonchev–Trinajstić information content (AvgIpc) is 3.04. The lowest BCUT2D eigenvalue weighted by Crippen LogP contribution is -2.43. The molecule has 0 atom stereocenters. The van der Waals surface area contributed by atoms with Crippen LogP contribution in [0.4, 0.5) is 16.2 Å². The van der Waals surface area contributed by atoms with Crippen LogP contribution in [0.15, 0.2) is 18.2 Å². The number of likely N-dealkylation sites (tertiary alicyclic amines) is 1. The number of nitrogens with one attached hydrogen (secondary N) is 1. The van der Waals surface area contributed by atoms with Gasteiger partial charge in [-0.15, -0.1) is 0 Å². The molecule has 0 bridgehead atoms. The van der Waals surface area contributed by atoms with Gasteiger partial charge in [0.25, 0.3) is 0 Å². The van der Waals surface area contributed by atoms with Gasteiger partial charge in [-0.05, 0) is 57.7 Å². The van der Waals surface area contributed by atoms with Crippen LogP contribution in [-0.4, -0.2) is 48.0 Å². The van der Waals surface area contributed by atoms with Crippen LogP contribution in [0.5, 0.6) is 0 Å². The molecule has 0 radical (unpaired) electrons. The monoisotopic (exact) mass is 387 g/mol. The molecular formula is C21H29N3O4. The highest BCUT2D eigenvalue weighted by Gasteiger charge is 2.30. The molecule has 1 aromatic rings. The molecule has 2 heterocycles. The Bertz CT molecular complexity index is 776. The lowest BCUT2D eigenvalue weighted by Gasteiger charge is -2.33. The van der Waals surface area contributed by atoms with E-state index in [4.69, 9.17) is 4.74 Å². The molecule has 152 valence electrons. The molecule has 2 aliphatic heterocycles. The van der Waals surface area contributed by atoms with Gasteiger partial charge in [-0.25, -0.2) is 4.79 Å². The molecular weight excluding hydrogens is 358 g/mol. The van der Waals surface area contributed by atoms with Gasteiger partial charge in [-0.2, -0.15) is 0 Å². The number of carbonyl (C=O) groups is 3. The first-order valence-electron chi connectivity index (χ1n) is 9.84. The summed E-state index contributed by atoms with van der Waals surface area (Å²) in [6, 6.07) is 5.73. The Hall–Kier alpha value is -2.57. The lowest BCUT2D eigenvalue weighted by molar-refractivity contribution is -0.121. The zero-order valence-electron chi connectivity index (χ0n) is 17.1. The molecule has 1 saturated heterocycles. The third kappa shape index (κ3) is 4.64. The number of hydrogen-bond acceptors (Lipinski definition) is 4. The molecule has 1 fully saturated rings. The summed E-state index contributed by atoms with van der Waals surface area (Å²) in [4.78, 5) is 40.0. The van der Waals surface area contributed by atoms with E-state index in [-0.39, 0.29) is 23.8 Å². The second-order valence-corrected chi connectivity index (χ2v) is 8.50. The van der Waals surface area contributed by atoms with Gasteiger partial charge in [0.05, 0.1) is 0 Å². The van der Waals surface area contributed by atoms with Crippen LogP contribution in [0.3, 0.4) is 0 Å². The lowest BCUT2D eigenvalue weighted by atomic mass is 9.96. The van der Waals surface area contributed by atoms with Crippen LogP contribution < -0.4 is 10.2 Å². The fourth-order valence-corrected chi connectivity index (χ4v) is 3.68. The largest absolute Gasteiger partial charge is 0.444 e. The molecule has 1 N–H and O–H groups in total. The minimum absolute atomic E-state index is 0.0109. The van der Waals surface area contributed by atoms with Crippen molar-refractivity contribution in [3.8, 4) is 0 Å². The van der Waals surface area contributed by atoms with Crippen LogP contribution in [0.25, 0.3) is 0 Å². The molecule has 2 aliphatic rings. The Morgan fingerprint density at radius 1 is 1.11 bits per heavy atom. The van der Waals surface area contributed by atoms with E-state index in [9.17, 15) is 14.4 Å². The van der Waals surface area contributed by atoms with Crippen molar-refractivity contribution in [3.63, 3.8) is 0 Å². The predicted molar refractivity (Wildman–Crippen MR) is 107 cm³/mol. The molecule has 3 amide bonds. The van der Waals surface area contributed by atoms with Gasteiger partial charge in [-0.1, -0.05) is 6.07 Å². The first-order chi connectivity index (χ1) is 13.1. The van der Waals surface area contributed by atoms with E-state index in [1.165, 1.54) is 0 Å². The van der Waals surface area contributed by atoms with Crippen molar-refractivity contribution >= 4 is 29.3 Å². The van der Waals surface area contributed by atoms with E-state index in [1.807, 2.05) is 39.0 Å². The molecule has 0 unspecified atom stereocenters. The molecule has 7 heteroatoms. The smallest absolute Gasteiger partial charge is 0.410 e. The molecule has 3 rings (SSSR count). The van der Waals surface area contributed by atoms with Crippen molar-refractivity contribution in [2.24, 2.45) is 5.92 Å². The Labute approximate surface area is 166 Å². The third-order valence-corrected chi connectivity index (χ3v) is 5.15. The summed E-state index contributed by atoms with van der Waals surface area (Å²) < 4.78 is 5.39. The molecule has 0 aliphatic carbocycles. The zero-order chi connectivity index (χ0) is 20.5. The highest BCUT2D eigenvalue weighted by Crippen LogP contribution is 2.31. The summed E-state index contributed by atoms with van der Waals surface area (Å²) in [5.74, 6) is -0.177. The number of fused-ring (bicyclic) bond motifs is 1. The molecule has 0 aromatic heterocycles. The van der Waals surface area contributed by atoms with Crippen LogP contribution in [0.1, 0.15) is 46.1 Å². The number of carbonyl (C=O) groups excluding carboxylic acids is 3. The summed E-state index contributed by atoms with van der Waals surface area (Å²) in [6.07, 6.45) is 1.73. The number of nitrogens with zero attached hydrogens (tertiary/aromatic N) is 2. The van der Waals surface area contributed by atoms with Crippen molar-refractivity contribution in [2.75, 3.05) is 29.9 Å². The number of rotatable bonds is 2. The SMILES string of the molecule is CC(=O)N1CCc2ccc(NC(=O)C3CCN(C(=O)OC(C)(C)C)CC3)cc21. The average molecular weight is 387 g/mol. The van der Waals surface area contributed by atoms with Crippen molar-refractivity contribution < 1.29 is 19.1 Å².